The van der Waals surface area contributed by atoms with Crippen LogP contribution in [0.15, 0.2) is 29.5 Å². The van der Waals surface area contributed by atoms with E-state index in [9.17, 15) is 0 Å². The zero-order chi connectivity index (χ0) is 13.8. The third kappa shape index (κ3) is 7.51. The average molecular weight is 266 g/mol. The molecule has 0 amide bonds. The van der Waals surface area contributed by atoms with Crippen molar-refractivity contribution in [3.8, 4) is 0 Å². The van der Waals surface area contributed by atoms with Crippen LogP contribution in [0.25, 0.3) is 0 Å². The van der Waals surface area contributed by atoms with E-state index in [0.717, 1.165) is 45.0 Å². The molecule has 0 bridgehead atoms. The van der Waals surface area contributed by atoms with Crippen molar-refractivity contribution in [2.24, 2.45) is 4.99 Å². The number of aliphatic imine (C=N–C) groups is 1. The van der Waals surface area contributed by atoms with E-state index in [0.29, 0.717) is 0 Å². The maximum absolute atomic E-state index is 5.02. The normalized spacial score (nSPS) is 11.6. The molecule has 0 aromatic carbocycles. The zero-order valence-electron chi connectivity index (χ0n) is 12.1. The fourth-order valence-electron chi connectivity index (χ4n) is 1.80. The first kappa shape index (κ1) is 15.6. The second-order valence-electron chi connectivity index (χ2n) is 4.40. The van der Waals surface area contributed by atoms with E-state index in [1.54, 1.807) is 14.2 Å². The summed E-state index contributed by atoms with van der Waals surface area (Å²) in [6, 6.07) is 4.07. The molecule has 1 heterocycles. The van der Waals surface area contributed by atoms with Crippen LogP contribution in [0.2, 0.25) is 0 Å². The van der Waals surface area contributed by atoms with Crippen molar-refractivity contribution in [3.63, 3.8) is 0 Å². The van der Waals surface area contributed by atoms with Gasteiger partial charge in [0.25, 0.3) is 0 Å². The van der Waals surface area contributed by atoms with E-state index in [1.165, 1.54) is 6.42 Å². The summed E-state index contributed by atoms with van der Waals surface area (Å²) in [4.78, 5) is 4.20. The Morgan fingerprint density at radius 2 is 1.84 bits per heavy atom. The van der Waals surface area contributed by atoms with Crippen molar-refractivity contribution in [1.29, 1.82) is 0 Å². The number of nitrogens with one attached hydrogen (secondary N) is 2. The maximum Gasteiger partial charge on any atom is 0.191 e. The van der Waals surface area contributed by atoms with Gasteiger partial charge >= 0.3 is 0 Å². The van der Waals surface area contributed by atoms with Gasteiger partial charge in [0.2, 0.25) is 0 Å². The quantitative estimate of drug-likeness (QED) is 0.404. The van der Waals surface area contributed by atoms with Gasteiger partial charge in [0.15, 0.2) is 5.96 Å². The number of unbranched alkanes of at least 4 members (excludes halogenated alkanes) is 2. The molecule has 1 rings (SSSR count). The number of hydrogen-bond donors (Lipinski definition) is 2. The molecule has 0 atom stereocenters. The van der Waals surface area contributed by atoms with Gasteiger partial charge < -0.3 is 19.9 Å². The number of nitrogens with zero attached hydrogens (tertiary/aromatic N) is 2. The van der Waals surface area contributed by atoms with Crippen molar-refractivity contribution in [3.05, 3.63) is 24.5 Å². The molecule has 0 saturated carbocycles. The minimum absolute atomic E-state index is 0.851. The van der Waals surface area contributed by atoms with Crippen LogP contribution in [0, 0.1) is 0 Å². The van der Waals surface area contributed by atoms with Gasteiger partial charge in [0.05, 0.1) is 0 Å². The van der Waals surface area contributed by atoms with E-state index < -0.39 is 0 Å². The highest BCUT2D eigenvalue weighted by molar-refractivity contribution is 5.79. The van der Waals surface area contributed by atoms with E-state index in [2.05, 4.69) is 32.6 Å². The molecule has 1 aromatic heterocycles. The first-order valence-electron chi connectivity index (χ1n) is 6.91. The Balaban J connectivity index is 2.03. The van der Waals surface area contributed by atoms with Crippen LogP contribution in [0.5, 0.6) is 0 Å². The topological polar surface area (TPSA) is 50.6 Å². The lowest BCUT2D eigenvalue weighted by Gasteiger charge is -2.12. The highest BCUT2D eigenvalue weighted by atomic mass is 16.5. The molecule has 5 nitrogen and oxygen atoms in total. The van der Waals surface area contributed by atoms with E-state index >= 15 is 0 Å². The second-order valence-corrected chi connectivity index (χ2v) is 4.40. The summed E-state index contributed by atoms with van der Waals surface area (Å²) in [5.74, 6) is 0.874. The van der Waals surface area contributed by atoms with Crippen molar-refractivity contribution < 1.29 is 4.74 Å². The Kier molecular flexibility index (Phi) is 8.55. The third-order valence-electron chi connectivity index (χ3n) is 2.87. The van der Waals surface area contributed by atoms with Gasteiger partial charge in [-0.1, -0.05) is 0 Å². The van der Waals surface area contributed by atoms with Crippen LogP contribution in [-0.2, 0) is 11.3 Å². The second kappa shape index (κ2) is 10.4. The van der Waals surface area contributed by atoms with Crippen molar-refractivity contribution in [2.75, 3.05) is 33.9 Å². The van der Waals surface area contributed by atoms with E-state index in [1.807, 2.05) is 12.1 Å². The van der Waals surface area contributed by atoms with Gasteiger partial charge in [-0.3, -0.25) is 4.99 Å². The highest BCUT2D eigenvalue weighted by Gasteiger charge is 1.96. The molecular formula is C14H26N4O. The number of guanidine groups is 1. The zero-order valence-corrected chi connectivity index (χ0v) is 12.1. The van der Waals surface area contributed by atoms with Gasteiger partial charge in [-0.2, -0.15) is 0 Å². The summed E-state index contributed by atoms with van der Waals surface area (Å²) in [6.45, 7) is 3.62. The van der Waals surface area contributed by atoms with Crippen molar-refractivity contribution in [2.45, 2.75) is 25.8 Å². The molecule has 1 aromatic rings. The van der Waals surface area contributed by atoms with Crippen LogP contribution in [0.3, 0.4) is 0 Å². The lowest BCUT2D eigenvalue weighted by molar-refractivity contribution is 0.192. The Bertz CT molecular complexity index is 335. The van der Waals surface area contributed by atoms with Crippen LogP contribution in [0.4, 0.5) is 0 Å². The molecular weight excluding hydrogens is 240 g/mol. The molecule has 0 unspecified atom stereocenters. The van der Waals surface area contributed by atoms with Gasteiger partial charge in [-0.25, -0.2) is 0 Å². The lowest BCUT2D eigenvalue weighted by atomic mass is 10.2. The Hall–Kier alpha value is -1.49. The first-order chi connectivity index (χ1) is 9.36. The van der Waals surface area contributed by atoms with Gasteiger partial charge in [-0.05, 0) is 31.4 Å². The smallest absolute Gasteiger partial charge is 0.191 e. The predicted octanol–water partition coefficient (Wildman–Crippen LogP) is 1.47. The number of rotatable bonds is 9. The third-order valence-corrected chi connectivity index (χ3v) is 2.87. The number of ether oxygens (including phenoxy) is 1. The molecule has 0 radical (unpaired) electrons. The molecule has 0 spiro atoms. The Labute approximate surface area is 116 Å². The molecule has 0 aliphatic rings. The lowest BCUT2D eigenvalue weighted by Crippen LogP contribution is -2.39. The number of hydrogen-bond acceptors (Lipinski definition) is 2. The van der Waals surface area contributed by atoms with Crippen molar-refractivity contribution >= 4 is 5.96 Å². The number of aromatic nitrogens is 1. The molecule has 5 heteroatoms. The summed E-state index contributed by atoms with van der Waals surface area (Å²) in [6.07, 6.45) is 7.57. The maximum atomic E-state index is 5.02. The fourth-order valence-corrected chi connectivity index (χ4v) is 1.80. The van der Waals surface area contributed by atoms with Crippen molar-refractivity contribution in [1.82, 2.24) is 15.2 Å². The Morgan fingerprint density at radius 1 is 1.11 bits per heavy atom. The fraction of sp³-hybridized carbons (Fsp3) is 0.643. The molecule has 19 heavy (non-hydrogen) atoms. The highest BCUT2D eigenvalue weighted by Crippen LogP contribution is 1.93. The van der Waals surface area contributed by atoms with Crippen LogP contribution in [0.1, 0.15) is 19.3 Å². The van der Waals surface area contributed by atoms with Gasteiger partial charge in [0.1, 0.15) is 0 Å². The molecule has 0 aliphatic carbocycles. The minimum atomic E-state index is 0.851. The Morgan fingerprint density at radius 3 is 2.53 bits per heavy atom. The molecule has 0 aliphatic heterocycles. The summed E-state index contributed by atoms with van der Waals surface area (Å²) in [5, 5.41) is 6.62. The largest absolute Gasteiger partial charge is 0.385 e. The molecule has 0 fully saturated rings. The summed E-state index contributed by atoms with van der Waals surface area (Å²) >= 11 is 0. The van der Waals surface area contributed by atoms with Crippen LogP contribution in [-0.4, -0.2) is 44.4 Å². The molecule has 2 N–H and O–H groups in total. The summed E-state index contributed by atoms with van der Waals surface area (Å²) in [5.41, 5.74) is 0. The first-order valence-corrected chi connectivity index (χ1v) is 6.91. The standard InChI is InChI=1S/C14H26N4O/c1-15-14(16-8-4-3-7-13-19-2)17-9-12-18-10-5-6-11-18/h5-6,10-11H,3-4,7-9,12-13H2,1-2H3,(H2,15,16,17). The number of methoxy groups -OCH3 is 1. The van der Waals surface area contributed by atoms with Gasteiger partial charge in [0, 0.05) is 52.8 Å². The molecule has 0 saturated heterocycles. The minimum Gasteiger partial charge on any atom is -0.385 e. The molecule has 108 valence electrons. The van der Waals surface area contributed by atoms with E-state index in [4.69, 9.17) is 4.74 Å². The average Bonchev–Trinajstić information content (AvgIpc) is 2.93. The van der Waals surface area contributed by atoms with Crippen LogP contribution >= 0.6 is 0 Å². The van der Waals surface area contributed by atoms with Crippen LogP contribution < -0.4 is 10.6 Å². The summed E-state index contributed by atoms with van der Waals surface area (Å²) in [7, 11) is 3.55. The SMILES string of the molecule is CN=C(NCCCCCOC)NCCn1cccc1. The predicted molar refractivity (Wildman–Crippen MR) is 79.5 cm³/mol. The summed E-state index contributed by atoms with van der Waals surface area (Å²) < 4.78 is 7.16. The monoisotopic (exact) mass is 266 g/mol. The van der Waals surface area contributed by atoms with E-state index in [-0.39, 0.29) is 0 Å². The van der Waals surface area contributed by atoms with Gasteiger partial charge in [-0.15, -0.1) is 0 Å².